The molecular weight excluding hydrogens is 426 g/mol. The summed E-state index contributed by atoms with van der Waals surface area (Å²) >= 11 is 6.03. The summed E-state index contributed by atoms with van der Waals surface area (Å²) in [7, 11) is 0. The van der Waals surface area contributed by atoms with Gasteiger partial charge < -0.3 is 5.11 Å². The van der Waals surface area contributed by atoms with Crippen LogP contribution < -0.4 is 4.90 Å². The number of amides is 2. The number of rotatable bonds is 2. The van der Waals surface area contributed by atoms with Gasteiger partial charge in [0, 0.05) is 11.8 Å². The summed E-state index contributed by atoms with van der Waals surface area (Å²) in [5, 5.41) is 9.54. The van der Waals surface area contributed by atoms with Crippen molar-refractivity contribution in [1.29, 1.82) is 0 Å². The normalized spacial score (nSPS) is 27.2. The molecule has 0 aromatic heterocycles. The molecule has 32 heavy (non-hydrogen) atoms. The van der Waals surface area contributed by atoms with Gasteiger partial charge in [-0.05, 0) is 47.4 Å². The van der Waals surface area contributed by atoms with Crippen molar-refractivity contribution in [2.24, 2.45) is 11.3 Å². The van der Waals surface area contributed by atoms with Crippen molar-refractivity contribution in [3.8, 4) is 0 Å². The van der Waals surface area contributed by atoms with Gasteiger partial charge in [-0.25, -0.2) is 9.69 Å². The zero-order valence-electron chi connectivity index (χ0n) is 17.1. The third kappa shape index (κ3) is 2.16. The minimum atomic E-state index is -1.21. The summed E-state index contributed by atoms with van der Waals surface area (Å²) in [6.45, 7) is 1.88. The molecule has 5 nitrogen and oxygen atoms in total. The Labute approximate surface area is 189 Å². The maximum absolute atomic E-state index is 14.0. The van der Waals surface area contributed by atoms with E-state index >= 15 is 0 Å². The Balaban J connectivity index is 1.58. The lowest BCUT2D eigenvalue weighted by atomic mass is 9.48. The average Bonchev–Trinajstić information content (AvgIpc) is 3.00. The molecule has 6 heteroatoms. The van der Waals surface area contributed by atoms with E-state index in [1.54, 1.807) is 0 Å². The average molecular weight is 444 g/mol. The van der Waals surface area contributed by atoms with Gasteiger partial charge in [-0.1, -0.05) is 60.1 Å². The molecule has 1 aliphatic heterocycles. The third-order valence-electron chi connectivity index (χ3n) is 7.45. The summed E-state index contributed by atoms with van der Waals surface area (Å²) in [4.78, 5) is 40.6. The standard InChI is InChI=1S/C26H18ClNO4/c1-26-21-16-8-4-2-6-14(16)20(15-7-3-5-9-17(15)21)22(26)23(29)28(25(26)32)13-10-11-19(27)18(12-13)24(30)31/h2-12,20-22H,1H3,(H,30,31)/t20?,21?,22-,26+/m1/s1. The van der Waals surface area contributed by atoms with Gasteiger partial charge in [-0.2, -0.15) is 0 Å². The molecule has 0 radical (unpaired) electrons. The monoisotopic (exact) mass is 443 g/mol. The molecule has 3 aromatic carbocycles. The number of hydrogen-bond donors (Lipinski definition) is 1. The van der Waals surface area contributed by atoms with Crippen LogP contribution in [-0.2, 0) is 9.59 Å². The number of aromatic carboxylic acids is 1. The minimum Gasteiger partial charge on any atom is -0.478 e. The third-order valence-corrected chi connectivity index (χ3v) is 7.78. The van der Waals surface area contributed by atoms with E-state index in [1.165, 1.54) is 23.1 Å². The number of carboxylic acid groups (broad SMARTS) is 1. The van der Waals surface area contributed by atoms with E-state index in [0.29, 0.717) is 0 Å². The van der Waals surface area contributed by atoms with Crippen LogP contribution in [0, 0.1) is 11.3 Å². The van der Waals surface area contributed by atoms with Gasteiger partial charge in [-0.15, -0.1) is 0 Å². The molecule has 0 unspecified atom stereocenters. The number of imide groups is 1. The van der Waals surface area contributed by atoms with Crippen LogP contribution >= 0.6 is 11.6 Å². The number of benzene rings is 3. The van der Waals surface area contributed by atoms with Crippen molar-refractivity contribution in [3.63, 3.8) is 0 Å². The fraction of sp³-hybridized carbons (Fsp3) is 0.192. The van der Waals surface area contributed by atoms with E-state index in [9.17, 15) is 19.5 Å². The topological polar surface area (TPSA) is 74.7 Å². The van der Waals surface area contributed by atoms with E-state index in [2.05, 4.69) is 12.1 Å². The van der Waals surface area contributed by atoms with E-state index in [0.717, 1.165) is 22.3 Å². The van der Waals surface area contributed by atoms with Crippen molar-refractivity contribution < 1.29 is 19.5 Å². The summed E-state index contributed by atoms with van der Waals surface area (Å²) in [6.07, 6.45) is 0. The summed E-state index contributed by atoms with van der Waals surface area (Å²) < 4.78 is 0. The molecule has 1 N–H and O–H groups in total. The quantitative estimate of drug-likeness (QED) is 0.576. The maximum Gasteiger partial charge on any atom is 0.337 e. The largest absolute Gasteiger partial charge is 0.478 e. The molecule has 0 spiro atoms. The number of carbonyl (C=O) groups excluding carboxylic acids is 2. The predicted molar refractivity (Wildman–Crippen MR) is 119 cm³/mol. The Bertz CT molecular complexity index is 1320. The van der Waals surface area contributed by atoms with Gasteiger partial charge >= 0.3 is 5.97 Å². The Morgan fingerprint density at radius 3 is 2.06 bits per heavy atom. The fourth-order valence-corrected chi connectivity index (χ4v) is 6.37. The highest BCUT2D eigenvalue weighted by Gasteiger charge is 2.68. The highest BCUT2D eigenvalue weighted by atomic mass is 35.5. The van der Waals surface area contributed by atoms with Crippen LogP contribution in [0.5, 0.6) is 0 Å². The number of hydrogen-bond acceptors (Lipinski definition) is 3. The number of nitrogens with zero attached hydrogens (tertiary/aromatic N) is 1. The highest BCUT2D eigenvalue weighted by Crippen LogP contribution is 2.67. The van der Waals surface area contributed by atoms with Crippen molar-refractivity contribution in [2.45, 2.75) is 18.8 Å². The fourth-order valence-electron chi connectivity index (χ4n) is 6.18. The Morgan fingerprint density at radius 1 is 0.938 bits per heavy atom. The molecule has 4 aliphatic rings. The molecule has 7 rings (SSSR count). The SMILES string of the molecule is C[C@@]12C(=O)N(c3ccc(Cl)c(C(=O)O)c3)C(=O)[C@H]1C1c3ccccc3C2c2ccccc21. The zero-order valence-corrected chi connectivity index (χ0v) is 17.8. The predicted octanol–water partition coefficient (Wildman–Crippen LogP) is 4.82. The van der Waals surface area contributed by atoms with Crippen molar-refractivity contribution >= 4 is 35.1 Å². The number of carbonyl (C=O) groups is 3. The maximum atomic E-state index is 14.0. The first-order valence-electron chi connectivity index (χ1n) is 10.4. The lowest BCUT2D eigenvalue weighted by molar-refractivity contribution is -0.128. The Kier molecular flexibility index (Phi) is 3.79. The highest BCUT2D eigenvalue weighted by molar-refractivity contribution is 6.34. The Morgan fingerprint density at radius 2 is 1.50 bits per heavy atom. The zero-order chi connectivity index (χ0) is 22.4. The molecule has 1 heterocycles. The summed E-state index contributed by atoms with van der Waals surface area (Å²) in [5.41, 5.74) is 3.48. The van der Waals surface area contributed by atoms with E-state index in [4.69, 9.17) is 11.6 Å². The van der Waals surface area contributed by atoms with Crippen molar-refractivity contribution in [2.75, 3.05) is 4.90 Å². The molecule has 3 aromatic rings. The first kappa shape index (κ1) is 19.3. The van der Waals surface area contributed by atoms with E-state index in [-0.39, 0.29) is 39.9 Å². The molecule has 2 atom stereocenters. The second-order valence-corrected chi connectivity index (χ2v) is 9.28. The number of carboxylic acids is 1. The number of halogens is 1. The van der Waals surface area contributed by atoms with Crippen molar-refractivity contribution in [3.05, 3.63) is 99.6 Å². The number of anilines is 1. The van der Waals surface area contributed by atoms with Crippen LogP contribution in [0.1, 0.15) is 51.4 Å². The molecule has 158 valence electrons. The first-order valence-corrected chi connectivity index (χ1v) is 10.8. The van der Waals surface area contributed by atoms with Gasteiger partial charge in [0.2, 0.25) is 11.8 Å². The second kappa shape index (κ2) is 6.30. The summed E-state index contributed by atoms with van der Waals surface area (Å²) in [6, 6.07) is 20.3. The van der Waals surface area contributed by atoms with Crippen LogP contribution in [0.4, 0.5) is 5.69 Å². The van der Waals surface area contributed by atoms with Crippen LogP contribution in [0.3, 0.4) is 0 Å². The van der Waals surface area contributed by atoms with Gasteiger partial charge in [0.25, 0.3) is 0 Å². The van der Waals surface area contributed by atoms with Crippen LogP contribution in [0.15, 0.2) is 66.7 Å². The molecule has 2 bridgehead atoms. The molecule has 1 saturated heterocycles. The van der Waals surface area contributed by atoms with Crippen LogP contribution in [0.2, 0.25) is 5.02 Å². The second-order valence-electron chi connectivity index (χ2n) is 8.88. The minimum absolute atomic E-state index is 0.0591. The lowest BCUT2D eigenvalue weighted by Crippen LogP contribution is -2.49. The molecule has 2 amide bonds. The molecule has 0 saturated carbocycles. The van der Waals surface area contributed by atoms with Crippen LogP contribution in [0.25, 0.3) is 0 Å². The molecule has 1 fully saturated rings. The van der Waals surface area contributed by atoms with Crippen LogP contribution in [-0.4, -0.2) is 22.9 Å². The van der Waals surface area contributed by atoms with E-state index < -0.39 is 17.3 Å². The molecular formula is C26H18ClNO4. The first-order chi connectivity index (χ1) is 15.4. The summed E-state index contributed by atoms with van der Waals surface area (Å²) in [5.74, 6) is -2.85. The molecule has 3 aliphatic carbocycles. The smallest absolute Gasteiger partial charge is 0.337 e. The van der Waals surface area contributed by atoms with Gasteiger partial charge in [0.1, 0.15) is 0 Å². The van der Waals surface area contributed by atoms with Gasteiger partial charge in [0.05, 0.1) is 27.6 Å². The van der Waals surface area contributed by atoms with Gasteiger partial charge in [0.15, 0.2) is 0 Å². The van der Waals surface area contributed by atoms with Crippen molar-refractivity contribution in [1.82, 2.24) is 0 Å². The Hall–Kier alpha value is -3.44. The van der Waals surface area contributed by atoms with Gasteiger partial charge in [-0.3, -0.25) is 9.59 Å². The van der Waals surface area contributed by atoms with E-state index in [1.807, 2.05) is 43.3 Å². The lowest BCUT2D eigenvalue weighted by Gasteiger charge is -2.51.